The Kier molecular flexibility index (Phi) is 28.0. The first kappa shape index (κ1) is 35.1. The number of hydrogen-bond donors (Lipinski definition) is 0. The molecule has 0 aliphatic heterocycles. The zero-order chi connectivity index (χ0) is 26.5. The fourth-order valence-electron chi connectivity index (χ4n) is 4.03. The van der Waals surface area contributed by atoms with Crippen molar-refractivity contribution in [2.24, 2.45) is 0 Å². The van der Waals surface area contributed by atoms with Crippen LogP contribution in [0.15, 0.2) is 0 Å². The average Bonchev–Trinajstić information content (AvgIpc) is 2.88. The van der Waals surface area contributed by atoms with Gasteiger partial charge in [0.2, 0.25) is 0 Å². The van der Waals surface area contributed by atoms with Gasteiger partial charge in [0.25, 0.3) is 0 Å². The standard InChI is InChI=1S/C29H58O7/c1-5-9-11-13-17-27(33-25-23-31-7-3)19-15-21-35-29(30)36-22-16-20-28(18-14-12-10-6-2)34-26-24-32-8-4/h27-28H,5-26H2,1-4H3. The van der Waals surface area contributed by atoms with Crippen LogP contribution in [0.4, 0.5) is 4.79 Å². The van der Waals surface area contributed by atoms with E-state index < -0.39 is 6.16 Å². The Bertz CT molecular complexity index is 385. The second-order valence-corrected chi connectivity index (χ2v) is 9.31. The zero-order valence-electron chi connectivity index (χ0n) is 24.1. The third-order valence-corrected chi connectivity index (χ3v) is 6.11. The lowest BCUT2D eigenvalue weighted by Gasteiger charge is -2.18. The molecule has 0 aromatic rings. The van der Waals surface area contributed by atoms with Gasteiger partial charge in [-0.3, -0.25) is 0 Å². The van der Waals surface area contributed by atoms with Crippen molar-refractivity contribution in [3.05, 3.63) is 0 Å². The lowest BCUT2D eigenvalue weighted by Crippen LogP contribution is -2.19. The smallest absolute Gasteiger partial charge is 0.434 e. The highest BCUT2D eigenvalue weighted by Gasteiger charge is 2.12. The first-order chi connectivity index (χ1) is 17.7. The van der Waals surface area contributed by atoms with Crippen molar-refractivity contribution < 1.29 is 33.2 Å². The molecular formula is C29H58O7. The summed E-state index contributed by atoms with van der Waals surface area (Å²) >= 11 is 0. The van der Waals surface area contributed by atoms with Crippen LogP contribution in [-0.2, 0) is 28.4 Å². The van der Waals surface area contributed by atoms with E-state index in [0.29, 0.717) is 52.9 Å². The molecule has 0 saturated heterocycles. The van der Waals surface area contributed by atoms with Gasteiger partial charge < -0.3 is 28.4 Å². The Morgan fingerprint density at radius 2 is 0.917 bits per heavy atom. The van der Waals surface area contributed by atoms with Gasteiger partial charge in [0.15, 0.2) is 0 Å². The minimum atomic E-state index is -0.580. The molecule has 216 valence electrons. The van der Waals surface area contributed by atoms with Crippen molar-refractivity contribution in [3.63, 3.8) is 0 Å². The largest absolute Gasteiger partial charge is 0.508 e. The number of ether oxygens (including phenoxy) is 6. The quantitative estimate of drug-likeness (QED) is 0.0785. The summed E-state index contributed by atoms with van der Waals surface area (Å²) in [6, 6.07) is 0. The van der Waals surface area contributed by atoms with E-state index in [9.17, 15) is 4.79 Å². The molecule has 0 fully saturated rings. The van der Waals surface area contributed by atoms with Crippen LogP contribution in [0.25, 0.3) is 0 Å². The van der Waals surface area contributed by atoms with E-state index in [1.54, 1.807) is 0 Å². The van der Waals surface area contributed by atoms with Gasteiger partial charge >= 0.3 is 6.16 Å². The second-order valence-electron chi connectivity index (χ2n) is 9.31. The predicted molar refractivity (Wildman–Crippen MR) is 146 cm³/mol. The fourth-order valence-corrected chi connectivity index (χ4v) is 4.03. The maximum atomic E-state index is 12.0. The molecule has 0 amide bonds. The van der Waals surface area contributed by atoms with Crippen molar-refractivity contribution in [1.29, 1.82) is 0 Å². The molecule has 0 rings (SSSR count). The molecule has 7 nitrogen and oxygen atoms in total. The van der Waals surface area contributed by atoms with Gasteiger partial charge in [0.1, 0.15) is 0 Å². The van der Waals surface area contributed by atoms with E-state index in [1.807, 2.05) is 13.8 Å². The molecule has 0 spiro atoms. The molecule has 0 N–H and O–H groups in total. The Hall–Kier alpha value is -0.890. The summed E-state index contributed by atoms with van der Waals surface area (Å²) in [4.78, 5) is 12.0. The molecule has 0 aromatic carbocycles. The highest BCUT2D eigenvalue weighted by Crippen LogP contribution is 2.15. The second kappa shape index (κ2) is 28.7. The number of hydrogen-bond acceptors (Lipinski definition) is 7. The van der Waals surface area contributed by atoms with Gasteiger partial charge in [0, 0.05) is 13.2 Å². The fraction of sp³-hybridized carbons (Fsp3) is 0.966. The minimum absolute atomic E-state index is 0.193. The van der Waals surface area contributed by atoms with Crippen LogP contribution in [0.5, 0.6) is 0 Å². The first-order valence-electron chi connectivity index (χ1n) is 14.9. The van der Waals surface area contributed by atoms with E-state index in [0.717, 1.165) is 38.5 Å². The van der Waals surface area contributed by atoms with Crippen LogP contribution in [0.1, 0.15) is 118 Å². The van der Waals surface area contributed by atoms with E-state index in [1.165, 1.54) is 51.4 Å². The topological polar surface area (TPSA) is 72.5 Å². The Labute approximate surface area is 222 Å². The first-order valence-corrected chi connectivity index (χ1v) is 14.9. The highest BCUT2D eigenvalue weighted by atomic mass is 16.7. The van der Waals surface area contributed by atoms with Crippen LogP contribution in [-0.4, -0.2) is 71.2 Å². The lowest BCUT2D eigenvalue weighted by molar-refractivity contribution is -0.00818. The molecule has 36 heavy (non-hydrogen) atoms. The van der Waals surface area contributed by atoms with Crippen LogP contribution in [0.3, 0.4) is 0 Å². The van der Waals surface area contributed by atoms with Gasteiger partial charge in [-0.1, -0.05) is 65.2 Å². The Balaban J connectivity index is 4.05. The van der Waals surface area contributed by atoms with Crippen LogP contribution < -0.4 is 0 Å². The monoisotopic (exact) mass is 518 g/mol. The summed E-state index contributed by atoms with van der Waals surface area (Å²) in [5.41, 5.74) is 0. The Morgan fingerprint density at radius 3 is 1.31 bits per heavy atom. The van der Waals surface area contributed by atoms with Crippen molar-refractivity contribution in [2.75, 3.05) is 52.9 Å². The number of unbranched alkanes of at least 4 members (excludes halogenated alkanes) is 6. The number of carbonyl (C=O) groups excluding carboxylic acids is 1. The van der Waals surface area contributed by atoms with Crippen molar-refractivity contribution in [3.8, 4) is 0 Å². The van der Waals surface area contributed by atoms with Gasteiger partial charge in [0.05, 0.1) is 51.8 Å². The van der Waals surface area contributed by atoms with Crippen molar-refractivity contribution in [2.45, 2.75) is 130 Å². The molecular weight excluding hydrogens is 460 g/mol. The van der Waals surface area contributed by atoms with Crippen molar-refractivity contribution in [1.82, 2.24) is 0 Å². The van der Waals surface area contributed by atoms with Gasteiger partial charge in [-0.05, 0) is 52.4 Å². The number of carbonyl (C=O) groups is 1. The summed E-state index contributed by atoms with van der Waals surface area (Å²) in [5, 5.41) is 0. The maximum absolute atomic E-state index is 12.0. The number of rotatable bonds is 28. The third-order valence-electron chi connectivity index (χ3n) is 6.11. The third kappa shape index (κ3) is 24.8. The van der Waals surface area contributed by atoms with Crippen LogP contribution in [0.2, 0.25) is 0 Å². The van der Waals surface area contributed by atoms with E-state index in [2.05, 4.69) is 13.8 Å². The SMILES string of the molecule is CCCCCCC(CCCOC(=O)OCCCC(CCCCCC)OCCOCC)OCCOCC. The molecule has 0 aliphatic rings. The van der Waals surface area contributed by atoms with E-state index in [-0.39, 0.29) is 12.2 Å². The predicted octanol–water partition coefficient (Wildman–Crippen LogP) is 7.48. The summed E-state index contributed by atoms with van der Waals surface area (Å²) in [6.07, 6.45) is 15.0. The molecule has 0 aromatic heterocycles. The van der Waals surface area contributed by atoms with E-state index in [4.69, 9.17) is 28.4 Å². The molecule has 2 atom stereocenters. The molecule has 0 saturated carbocycles. The van der Waals surface area contributed by atoms with Gasteiger partial charge in [-0.2, -0.15) is 0 Å². The van der Waals surface area contributed by atoms with E-state index >= 15 is 0 Å². The Morgan fingerprint density at radius 1 is 0.500 bits per heavy atom. The minimum Gasteiger partial charge on any atom is -0.434 e. The van der Waals surface area contributed by atoms with Crippen LogP contribution in [0, 0.1) is 0 Å². The molecule has 0 bridgehead atoms. The summed E-state index contributed by atoms with van der Waals surface area (Å²) in [7, 11) is 0. The molecule has 7 heteroatoms. The summed E-state index contributed by atoms with van der Waals surface area (Å²) in [6.45, 7) is 13.0. The molecule has 2 unspecified atom stereocenters. The molecule has 0 aliphatic carbocycles. The summed E-state index contributed by atoms with van der Waals surface area (Å²) in [5.74, 6) is 0. The molecule has 0 radical (unpaired) electrons. The zero-order valence-corrected chi connectivity index (χ0v) is 24.1. The maximum Gasteiger partial charge on any atom is 0.508 e. The van der Waals surface area contributed by atoms with Crippen LogP contribution >= 0.6 is 0 Å². The average molecular weight is 519 g/mol. The normalized spacial score (nSPS) is 13.0. The van der Waals surface area contributed by atoms with Gasteiger partial charge in [-0.15, -0.1) is 0 Å². The lowest BCUT2D eigenvalue weighted by atomic mass is 10.1. The highest BCUT2D eigenvalue weighted by molar-refractivity contribution is 5.59. The van der Waals surface area contributed by atoms with Crippen molar-refractivity contribution >= 4 is 6.16 Å². The summed E-state index contributed by atoms with van der Waals surface area (Å²) < 4.78 is 33.3. The van der Waals surface area contributed by atoms with Gasteiger partial charge in [-0.25, -0.2) is 4.79 Å². The molecule has 0 heterocycles.